The Hall–Kier alpha value is -1.76. The minimum Gasteiger partial charge on any atom is -0.361 e. The number of carbonyl (C=O) groups excluding carboxylic acids is 1. The van der Waals surface area contributed by atoms with Gasteiger partial charge in [-0.3, -0.25) is 10.1 Å². The molecule has 0 aliphatic heterocycles. The molecule has 0 spiro atoms. The van der Waals surface area contributed by atoms with E-state index in [1.54, 1.807) is 6.92 Å². The van der Waals surface area contributed by atoms with E-state index in [1.807, 2.05) is 6.92 Å². The van der Waals surface area contributed by atoms with E-state index in [0.29, 0.717) is 34.5 Å². The van der Waals surface area contributed by atoms with Crippen LogP contribution in [0.4, 0.5) is 5.13 Å². The van der Waals surface area contributed by atoms with E-state index in [1.165, 1.54) is 24.2 Å². The molecule has 0 aliphatic carbocycles. The van der Waals surface area contributed by atoms with Crippen LogP contribution in [0.15, 0.2) is 4.52 Å². The van der Waals surface area contributed by atoms with E-state index in [4.69, 9.17) is 4.52 Å². The number of unbranched alkanes of at least 4 members (excludes halogenated alkanes) is 1. The second-order valence-electron chi connectivity index (χ2n) is 5.56. The molecule has 1 N–H and O–H groups in total. The van der Waals surface area contributed by atoms with Crippen LogP contribution in [-0.2, 0) is 6.42 Å². The van der Waals surface area contributed by atoms with Gasteiger partial charge in [0.2, 0.25) is 5.13 Å². The number of carbonyl (C=O) groups is 1. The highest BCUT2D eigenvalue weighted by Crippen LogP contribution is 2.30. The van der Waals surface area contributed by atoms with Crippen molar-refractivity contribution < 1.29 is 9.32 Å². The van der Waals surface area contributed by atoms with E-state index in [9.17, 15) is 4.79 Å². The lowest BCUT2D eigenvalue weighted by molar-refractivity contribution is 0.102. The molecule has 2 rings (SSSR count). The van der Waals surface area contributed by atoms with Crippen LogP contribution in [0.25, 0.3) is 0 Å². The Balaban J connectivity index is 2.09. The first-order valence-electron chi connectivity index (χ1n) is 8.20. The zero-order chi connectivity index (χ0) is 16.8. The van der Waals surface area contributed by atoms with Crippen molar-refractivity contribution in [2.24, 2.45) is 0 Å². The fraction of sp³-hybridized carbons (Fsp3) is 0.625. The maximum Gasteiger partial charge on any atom is 0.263 e. The van der Waals surface area contributed by atoms with E-state index >= 15 is 0 Å². The van der Waals surface area contributed by atoms with Crippen LogP contribution in [0.5, 0.6) is 0 Å². The topological polar surface area (TPSA) is 80.9 Å². The van der Waals surface area contributed by atoms with Gasteiger partial charge in [0.1, 0.15) is 16.3 Å². The second-order valence-corrected chi connectivity index (χ2v) is 6.57. The molecule has 1 amide bonds. The fourth-order valence-corrected chi connectivity index (χ4v) is 3.47. The van der Waals surface area contributed by atoms with Gasteiger partial charge in [-0.05, 0) is 26.2 Å². The summed E-state index contributed by atoms with van der Waals surface area (Å²) in [6, 6.07) is 0. The van der Waals surface area contributed by atoms with Crippen LogP contribution in [0.3, 0.4) is 0 Å². The van der Waals surface area contributed by atoms with Gasteiger partial charge >= 0.3 is 0 Å². The van der Waals surface area contributed by atoms with Gasteiger partial charge in [0.05, 0.1) is 5.69 Å². The molecule has 2 aromatic rings. The lowest BCUT2D eigenvalue weighted by atomic mass is 10.0. The third kappa shape index (κ3) is 4.16. The molecule has 126 valence electrons. The highest BCUT2D eigenvalue weighted by atomic mass is 32.1. The molecule has 1 unspecified atom stereocenters. The van der Waals surface area contributed by atoms with Gasteiger partial charge in [0.25, 0.3) is 5.91 Å². The summed E-state index contributed by atoms with van der Waals surface area (Å²) in [6.45, 7) is 8.03. The summed E-state index contributed by atoms with van der Waals surface area (Å²) in [4.78, 5) is 12.4. The summed E-state index contributed by atoms with van der Waals surface area (Å²) < 4.78 is 5.11. The van der Waals surface area contributed by atoms with Crippen LogP contribution in [0.2, 0.25) is 0 Å². The van der Waals surface area contributed by atoms with Crippen molar-refractivity contribution in [3.05, 3.63) is 22.0 Å². The van der Waals surface area contributed by atoms with Crippen molar-refractivity contribution >= 4 is 22.4 Å². The monoisotopic (exact) mass is 336 g/mol. The van der Waals surface area contributed by atoms with Gasteiger partial charge < -0.3 is 4.52 Å². The largest absolute Gasteiger partial charge is 0.361 e. The number of rotatable bonds is 8. The van der Waals surface area contributed by atoms with Crippen LogP contribution < -0.4 is 5.32 Å². The number of amides is 1. The molecule has 2 heterocycles. The summed E-state index contributed by atoms with van der Waals surface area (Å²) in [5.74, 6) is 0.713. The Morgan fingerprint density at radius 3 is 2.74 bits per heavy atom. The fourth-order valence-electron chi connectivity index (χ4n) is 2.51. The van der Waals surface area contributed by atoms with Crippen molar-refractivity contribution in [1.29, 1.82) is 0 Å². The molecule has 7 heteroatoms. The molecule has 0 radical (unpaired) electrons. The third-order valence-corrected chi connectivity index (χ3v) is 4.91. The summed E-state index contributed by atoms with van der Waals surface area (Å²) in [5.41, 5.74) is 1.17. The zero-order valence-corrected chi connectivity index (χ0v) is 15.0. The predicted octanol–water partition coefficient (Wildman–Crippen LogP) is 4.33. The van der Waals surface area contributed by atoms with E-state index in [-0.39, 0.29) is 5.91 Å². The molecule has 0 fully saturated rings. The highest BCUT2D eigenvalue weighted by Gasteiger charge is 2.21. The van der Waals surface area contributed by atoms with Crippen molar-refractivity contribution in [2.45, 2.75) is 65.7 Å². The number of aryl methyl sites for hydroxylation is 2. The highest BCUT2D eigenvalue weighted by molar-refractivity contribution is 7.15. The summed E-state index contributed by atoms with van der Waals surface area (Å²) in [7, 11) is 0. The average Bonchev–Trinajstić information content (AvgIpc) is 3.14. The number of nitrogens with zero attached hydrogens (tertiary/aromatic N) is 3. The molecule has 0 aromatic carbocycles. The van der Waals surface area contributed by atoms with Gasteiger partial charge in [-0.15, -0.1) is 10.2 Å². The summed E-state index contributed by atoms with van der Waals surface area (Å²) in [5, 5.41) is 16.6. The smallest absolute Gasteiger partial charge is 0.263 e. The van der Waals surface area contributed by atoms with E-state index in [2.05, 4.69) is 34.5 Å². The first-order valence-corrected chi connectivity index (χ1v) is 9.02. The number of nitrogens with one attached hydrogen (secondary N) is 1. The van der Waals surface area contributed by atoms with Crippen LogP contribution in [0, 0.1) is 6.92 Å². The molecule has 6 nitrogen and oxygen atoms in total. The van der Waals surface area contributed by atoms with Crippen molar-refractivity contribution in [2.75, 3.05) is 5.32 Å². The average molecular weight is 336 g/mol. The SMILES string of the molecule is CCCCC(CC)c1nnc(NC(=O)c2c(CC)noc2C)s1. The van der Waals surface area contributed by atoms with Crippen LogP contribution in [-0.4, -0.2) is 21.3 Å². The van der Waals surface area contributed by atoms with Gasteiger partial charge in [0.15, 0.2) is 0 Å². The van der Waals surface area contributed by atoms with E-state index < -0.39 is 0 Å². The Kier molecular flexibility index (Phi) is 6.27. The lowest BCUT2D eigenvalue weighted by Crippen LogP contribution is -2.14. The van der Waals surface area contributed by atoms with Crippen molar-refractivity contribution in [1.82, 2.24) is 15.4 Å². The quantitative estimate of drug-likeness (QED) is 0.776. The molecular formula is C16H24N4O2S. The van der Waals surface area contributed by atoms with Gasteiger partial charge in [0, 0.05) is 5.92 Å². The third-order valence-electron chi connectivity index (χ3n) is 3.90. The van der Waals surface area contributed by atoms with Crippen LogP contribution >= 0.6 is 11.3 Å². The zero-order valence-electron chi connectivity index (χ0n) is 14.2. The van der Waals surface area contributed by atoms with Gasteiger partial charge in [-0.2, -0.15) is 0 Å². The van der Waals surface area contributed by atoms with Crippen molar-refractivity contribution in [3.8, 4) is 0 Å². The Bertz CT molecular complexity index is 650. The minimum absolute atomic E-state index is 0.232. The number of hydrogen-bond donors (Lipinski definition) is 1. The maximum absolute atomic E-state index is 12.4. The van der Waals surface area contributed by atoms with Gasteiger partial charge in [-0.25, -0.2) is 0 Å². The number of aromatic nitrogens is 3. The molecule has 0 aliphatic rings. The second kappa shape index (κ2) is 8.19. The normalized spacial score (nSPS) is 12.3. The Labute approximate surface area is 140 Å². The molecule has 0 saturated carbocycles. The number of hydrogen-bond acceptors (Lipinski definition) is 6. The molecule has 0 saturated heterocycles. The Morgan fingerprint density at radius 1 is 1.30 bits per heavy atom. The van der Waals surface area contributed by atoms with E-state index in [0.717, 1.165) is 17.8 Å². The standard InChI is InChI=1S/C16H24N4O2S/c1-5-8-9-11(6-2)15-18-19-16(23-15)17-14(21)13-10(4)22-20-12(13)7-3/h11H,5-9H2,1-4H3,(H,17,19,21). The molecule has 1 atom stereocenters. The molecule has 0 bridgehead atoms. The summed E-state index contributed by atoms with van der Waals surface area (Å²) >= 11 is 1.46. The summed E-state index contributed by atoms with van der Waals surface area (Å²) in [6.07, 6.45) is 5.15. The number of anilines is 1. The predicted molar refractivity (Wildman–Crippen MR) is 91.0 cm³/mol. The first kappa shape index (κ1) is 17.6. The Morgan fingerprint density at radius 2 is 2.09 bits per heavy atom. The first-order chi connectivity index (χ1) is 11.1. The van der Waals surface area contributed by atoms with Gasteiger partial charge in [-0.1, -0.05) is 50.1 Å². The maximum atomic E-state index is 12.4. The lowest BCUT2D eigenvalue weighted by Gasteiger charge is -2.09. The van der Waals surface area contributed by atoms with Crippen LogP contribution in [0.1, 0.15) is 79.2 Å². The van der Waals surface area contributed by atoms with Crippen molar-refractivity contribution in [3.63, 3.8) is 0 Å². The molecular weight excluding hydrogens is 312 g/mol. The molecule has 2 aromatic heterocycles. The minimum atomic E-state index is -0.232. The molecule has 23 heavy (non-hydrogen) atoms.